The van der Waals surface area contributed by atoms with Crippen molar-refractivity contribution >= 4 is 5.97 Å². The van der Waals surface area contributed by atoms with Crippen molar-refractivity contribution in [1.29, 1.82) is 0 Å². The fourth-order valence-corrected chi connectivity index (χ4v) is 3.33. The van der Waals surface area contributed by atoms with E-state index >= 15 is 0 Å². The van der Waals surface area contributed by atoms with E-state index in [-0.39, 0.29) is 12.5 Å². The Kier molecular flexibility index (Phi) is 18.8. The molecule has 174 valence electrons. The molecular formula is C22H46N2O5. The Balaban J connectivity index is 3.39. The van der Waals surface area contributed by atoms with Gasteiger partial charge in [-0.15, -0.1) is 0 Å². The van der Waals surface area contributed by atoms with Crippen molar-refractivity contribution in [3.63, 3.8) is 0 Å². The normalized spacial score (nSPS) is 12.9. The van der Waals surface area contributed by atoms with Crippen molar-refractivity contribution in [3.05, 3.63) is 0 Å². The highest BCUT2D eigenvalue weighted by Crippen LogP contribution is 2.21. The number of carbonyl (C=O) groups is 1. The minimum atomic E-state index is -0.870. The summed E-state index contributed by atoms with van der Waals surface area (Å²) in [4.78, 5) is 11.0. The van der Waals surface area contributed by atoms with Gasteiger partial charge < -0.3 is 29.6 Å². The molecule has 0 aromatic heterocycles. The zero-order chi connectivity index (χ0) is 21.8. The maximum absolute atomic E-state index is 11.0. The number of hydrogen-bond donors (Lipinski definition) is 2. The molecule has 1 atom stereocenters. The summed E-state index contributed by atoms with van der Waals surface area (Å²) in [6, 6.07) is 0. The maximum Gasteiger partial charge on any atom is 0.319 e. The molecule has 2 N–H and O–H groups in total. The molecule has 7 heteroatoms. The monoisotopic (exact) mass is 418 g/mol. The van der Waals surface area contributed by atoms with E-state index < -0.39 is 5.97 Å². The summed E-state index contributed by atoms with van der Waals surface area (Å²) in [5.41, 5.74) is 0. The van der Waals surface area contributed by atoms with Crippen molar-refractivity contribution < 1.29 is 23.7 Å². The number of esters is 1. The molecule has 0 aromatic carbocycles. The lowest BCUT2D eigenvalue weighted by Gasteiger charge is -2.28. The number of nitrogens with one attached hydrogen (secondary N) is 2. The maximum atomic E-state index is 11.0. The van der Waals surface area contributed by atoms with Crippen molar-refractivity contribution in [2.45, 2.75) is 77.1 Å². The molecule has 0 bridgehead atoms. The third-order valence-electron chi connectivity index (χ3n) is 5.40. The summed E-state index contributed by atoms with van der Waals surface area (Å²) in [5.74, 6) is -0.329. The van der Waals surface area contributed by atoms with Gasteiger partial charge in [-0.2, -0.15) is 0 Å². The Bertz CT molecular complexity index is 370. The third-order valence-corrected chi connectivity index (χ3v) is 5.40. The molecule has 0 saturated carbocycles. The fourth-order valence-electron chi connectivity index (χ4n) is 3.33. The van der Waals surface area contributed by atoms with E-state index in [0.717, 1.165) is 38.4 Å². The zero-order valence-electron chi connectivity index (χ0n) is 19.5. The number of ether oxygens (including phenoxy) is 4. The van der Waals surface area contributed by atoms with E-state index in [2.05, 4.69) is 22.3 Å². The molecule has 0 aliphatic rings. The summed E-state index contributed by atoms with van der Waals surface area (Å²) >= 11 is 0. The van der Waals surface area contributed by atoms with Crippen LogP contribution in [-0.2, 0) is 23.7 Å². The Hall–Kier alpha value is -0.730. The van der Waals surface area contributed by atoms with E-state index in [4.69, 9.17) is 14.2 Å². The second-order valence-corrected chi connectivity index (χ2v) is 7.71. The van der Waals surface area contributed by atoms with Crippen LogP contribution in [0.3, 0.4) is 0 Å². The third kappa shape index (κ3) is 15.7. The molecule has 0 aliphatic carbocycles. The molecule has 1 unspecified atom stereocenters. The first-order chi connectivity index (χ1) is 14.0. The van der Waals surface area contributed by atoms with Gasteiger partial charge in [0.15, 0.2) is 0 Å². The van der Waals surface area contributed by atoms with Gasteiger partial charge in [0.25, 0.3) is 5.97 Å². The molecule has 0 aromatic rings. The van der Waals surface area contributed by atoms with Crippen molar-refractivity contribution in [3.8, 4) is 0 Å². The first kappa shape index (κ1) is 28.3. The van der Waals surface area contributed by atoms with Crippen LogP contribution in [0.1, 0.15) is 71.1 Å². The van der Waals surface area contributed by atoms with Crippen LogP contribution in [0.2, 0.25) is 0 Å². The highest BCUT2D eigenvalue weighted by molar-refractivity contribution is 5.71. The highest BCUT2D eigenvalue weighted by atomic mass is 16.9. The molecule has 0 radical (unpaired) electrons. The number of carbonyl (C=O) groups excluding carboxylic acids is 1. The molecule has 0 amide bonds. The summed E-state index contributed by atoms with van der Waals surface area (Å²) < 4.78 is 20.5. The molecule has 0 fully saturated rings. The lowest BCUT2D eigenvalue weighted by atomic mass is 9.99. The predicted molar refractivity (Wildman–Crippen MR) is 117 cm³/mol. The number of rotatable bonds is 21. The summed E-state index contributed by atoms with van der Waals surface area (Å²) in [6.07, 6.45) is 12.1. The Morgan fingerprint density at radius 3 is 1.90 bits per heavy atom. The minimum Gasteiger partial charge on any atom is -0.468 e. The molecule has 0 aliphatic heterocycles. The first-order valence-electron chi connectivity index (χ1n) is 11.2. The van der Waals surface area contributed by atoms with Gasteiger partial charge in [0.2, 0.25) is 0 Å². The summed E-state index contributed by atoms with van der Waals surface area (Å²) in [7, 11) is 6.27. The molecule has 0 saturated heterocycles. The lowest BCUT2D eigenvalue weighted by molar-refractivity contribution is -0.355. The lowest BCUT2D eigenvalue weighted by Crippen LogP contribution is -2.35. The van der Waals surface area contributed by atoms with Gasteiger partial charge in [-0.25, -0.2) is 0 Å². The van der Waals surface area contributed by atoms with Crippen LogP contribution in [0.25, 0.3) is 0 Å². The smallest absolute Gasteiger partial charge is 0.319 e. The molecule has 0 heterocycles. The number of unbranched alkanes of at least 4 members (excludes halogenated alkanes) is 6. The van der Waals surface area contributed by atoms with Gasteiger partial charge in [0.1, 0.15) is 0 Å². The van der Waals surface area contributed by atoms with Crippen LogP contribution in [0.4, 0.5) is 0 Å². The quantitative estimate of drug-likeness (QED) is 0.168. The van der Waals surface area contributed by atoms with Crippen LogP contribution >= 0.6 is 0 Å². The van der Waals surface area contributed by atoms with Crippen LogP contribution in [0.15, 0.2) is 0 Å². The average Bonchev–Trinajstić information content (AvgIpc) is 2.74. The van der Waals surface area contributed by atoms with E-state index in [1.54, 1.807) is 21.3 Å². The summed E-state index contributed by atoms with van der Waals surface area (Å²) in [5, 5.41) is 6.47. The van der Waals surface area contributed by atoms with Gasteiger partial charge in [-0.3, -0.25) is 4.79 Å². The number of hydrogen-bond acceptors (Lipinski definition) is 7. The summed E-state index contributed by atoms with van der Waals surface area (Å²) in [6.45, 7) is 5.32. The van der Waals surface area contributed by atoms with E-state index in [1.807, 2.05) is 0 Å². The van der Waals surface area contributed by atoms with Crippen LogP contribution in [0, 0.1) is 5.92 Å². The average molecular weight is 419 g/mol. The molecule has 0 rings (SSSR count). The van der Waals surface area contributed by atoms with Crippen molar-refractivity contribution in [2.24, 2.45) is 5.92 Å². The second-order valence-electron chi connectivity index (χ2n) is 7.71. The second kappa shape index (κ2) is 19.2. The van der Waals surface area contributed by atoms with Gasteiger partial charge in [0, 0.05) is 40.8 Å². The highest BCUT2D eigenvalue weighted by Gasteiger charge is 2.28. The standard InChI is InChI=1S/C22H46N2O5/c1-20(14-16-23-17-18-24-19-21(25)26-2)13-11-9-7-6-8-10-12-15-22(27-3,28-4)29-5/h20,23-24H,6-19H2,1-5H3. The van der Waals surface area contributed by atoms with Crippen LogP contribution in [0.5, 0.6) is 0 Å². The Morgan fingerprint density at radius 2 is 1.31 bits per heavy atom. The van der Waals surface area contributed by atoms with Crippen molar-refractivity contribution in [2.75, 3.05) is 54.6 Å². The topological polar surface area (TPSA) is 78.1 Å². The van der Waals surface area contributed by atoms with Gasteiger partial charge in [-0.1, -0.05) is 51.9 Å². The molecular weight excluding hydrogens is 372 g/mol. The first-order valence-corrected chi connectivity index (χ1v) is 11.2. The Morgan fingerprint density at radius 1 is 0.759 bits per heavy atom. The minimum absolute atomic E-state index is 0.219. The molecule has 29 heavy (non-hydrogen) atoms. The van der Waals surface area contributed by atoms with E-state index in [1.165, 1.54) is 58.5 Å². The Labute approximate surface area is 178 Å². The zero-order valence-corrected chi connectivity index (χ0v) is 19.5. The van der Waals surface area contributed by atoms with E-state index in [0.29, 0.717) is 0 Å². The molecule has 0 spiro atoms. The number of methoxy groups -OCH3 is 4. The molecule has 7 nitrogen and oxygen atoms in total. The van der Waals surface area contributed by atoms with Gasteiger partial charge in [0.05, 0.1) is 13.7 Å². The van der Waals surface area contributed by atoms with Crippen LogP contribution < -0.4 is 10.6 Å². The fraction of sp³-hybridized carbons (Fsp3) is 0.955. The van der Waals surface area contributed by atoms with Crippen LogP contribution in [-0.4, -0.2) is 66.6 Å². The largest absolute Gasteiger partial charge is 0.468 e. The van der Waals surface area contributed by atoms with Gasteiger partial charge >= 0.3 is 5.97 Å². The predicted octanol–water partition coefficient (Wildman–Crippen LogP) is 3.47. The van der Waals surface area contributed by atoms with Gasteiger partial charge in [-0.05, 0) is 25.3 Å². The van der Waals surface area contributed by atoms with Crippen molar-refractivity contribution in [1.82, 2.24) is 10.6 Å². The SMILES string of the molecule is COC(=O)CNCCNCCC(C)CCCCCCCCCC(OC)(OC)OC. The van der Waals surface area contributed by atoms with E-state index in [9.17, 15) is 4.79 Å².